The van der Waals surface area contributed by atoms with Gasteiger partial charge in [0.15, 0.2) is 0 Å². The van der Waals surface area contributed by atoms with Crippen molar-refractivity contribution in [2.75, 3.05) is 7.11 Å². The van der Waals surface area contributed by atoms with Crippen LogP contribution >= 0.6 is 11.3 Å². The van der Waals surface area contributed by atoms with E-state index in [1.165, 1.54) is 11.3 Å². The van der Waals surface area contributed by atoms with Gasteiger partial charge in [0.05, 0.1) is 17.8 Å². The number of hydrogen-bond acceptors (Lipinski definition) is 5. The monoisotopic (exact) mass is 326 g/mol. The fourth-order valence-electron chi connectivity index (χ4n) is 2.30. The van der Waals surface area contributed by atoms with E-state index in [0.717, 1.165) is 21.9 Å². The van der Waals surface area contributed by atoms with Crippen LogP contribution < -0.4 is 4.74 Å². The number of para-hydroxylation sites is 1. The molecule has 2 aromatic heterocycles. The number of pyridine rings is 1. The summed E-state index contributed by atoms with van der Waals surface area (Å²) in [7, 11) is 1.62. The summed E-state index contributed by atoms with van der Waals surface area (Å²) in [4.78, 5) is 20.2. The number of carboxylic acids is 1. The van der Waals surface area contributed by atoms with E-state index in [9.17, 15) is 9.90 Å². The predicted octanol–water partition coefficient (Wildman–Crippen LogP) is 3.50. The van der Waals surface area contributed by atoms with Gasteiger partial charge in [-0.25, -0.2) is 9.78 Å². The Bertz CT molecular complexity index is 831. The summed E-state index contributed by atoms with van der Waals surface area (Å²) in [5.41, 5.74) is 2.21. The molecule has 6 heteroatoms. The summed E-state index contributed by atoms with van der Waals surface area (Å²) in [5.74, 6) is -0.203. The number of benzene rings is 1. The first-order valence-corrected chi connectivity index (χ1v) is 7.76. The van der Waals surface area contributed by atoms with Crippen LogP contribution in [0.15, 0.2) is 48.8 Å². The normalized spacial score (nSPS) is 10.5. The number of rotatable bonds is 5. The summed E-state index contributed by atoms with van der Waals surface area (Å²) in [6.07, 6.45) is 3.78. The molecular weight excluding hydrogens is 312 g/mol. The maximum Gasteiger partial charge on any atom is 0.348 e. The molecule has 23 heavy (non-hydrogen) atoms. The van der Waals surface area contributed by atoms with E-state index in [0.29, 0.717) is 12.1 Å². The second kappa shape index (κ2) is 6.58. The fraction of sp³-hybridized carbons (Fsp3) is 0.118. The van der Waals surface area contributed by atoms with Gasteiger partial charge in [-0.1, -0.05) is 18.2 Å². The number of aromatic nitrogens is 2. The molecule has 0 radical (unpaired) electrons. The number of carbonyl (C=O) groups is 1. The Kier molecular flexibility index (Phi) is 4.34. The van der Waals surface area contributed by atoms with Gasteiger partial charge in [-0.05, 0) is 18.2 Å². The molecule has 5 nitrogen and oxygen atoms in total. The van der Waals surface area contributed by atoms with Crippen molar-refractivity contribution in [3.05, 3.63) is 64.2 Å². The average Bonchev–Trinajstić information content (AvgIpc) is 3.00. The van der Waals surface area contributed by atoms with Crippen molar-refractivity contribution in [3.63, 3.8) is 0 Å². The zero-order valence-corrected chi connectivity index (χ0v) is 13.2. The number of methoxy groups -OCH3 is 1. The molecule has 0 bridgehead atoms. The third-order valence-corrected chi connectivity index (χ3v) is 4.40. The minimum atomic E-state index is -0.972. The van der Waals surface area contributed by atoms with Crippen molar-refractivity contribution in [1.82, 2.24) is 9.97 Å². The lowest BCUT2D eigenvalue weighted by atomic mass is 10.1. The van der Waals surface area contributed by atoms with E-state index in [1.54, 1.807) is 31.6 Å². The van der Waals surface area contributed by atoms with Crippen LogP contribution in [0.5, 0.6) is 5.75 Å². The molecule has 1 N–H and O–H groups in total. The van der Waals surface area contributed by atoms with E-state index in [2.05, 4.69) is 9.97 Å². The highest BCUT2D eigenvalue weighted by atomic mass is 32.1. The Labute approximate surface area is 137 Å². The van der Waals surface area contributed by atoms with Crippen molar-refractivity contribution < 1.29 is 14.6 Å². The van der Waals surface area contributed by atoms with E-state index in [4.69, 9.17) is 4.74 Å². The molecule has 0 unspecified atom stereocenters. The highest BCUT2D eigenvalue weighted by Gasteiger charge is 2.19. The summed E-state index contributed by atoms with van der Waals surface area (Å²) < 4.78 is 5.34. The molecule has 0 aliphatic heterocycles. The predicted molar refractivity (Wildman–Crippen MR) is 88.1 cm³/mol. The Morgan fingerprint density at radius 3 is 2.65 bits per heavy atom. The van der Waals surface area contributed by atoms with Gasteiger partial charge in [0.1, 0.15) is 10.6 Å². The van der Waals surface area contributed by atoms with Crippen LogP contribution in [-0.4, -0.2) is 28.2 Å². The van der Waals surface area contributed by atoms with E-state index >= 15 is 0 Å². The molecule has 0 aliphatic carbocycles. The van der Waals surface area contributed by atoms with Gasteiger partial charge in [-0.3, -0.25) is 4.98 Å². The molecule has 116 valence electrons. The van der Waals surface area contributed by atoms with Gasteiger partial charge in [-0.15, -0.1) is 11.3 Å². The number of nitrogens with zero attached hydrogens (tertiary/aromatic N) is 2. The summed E-state index contributed by atoms with van der Waals surface area (Å²) in [5, 5.41) is 10.2. The van der Waals surface area contributed by atoms with Crippen LogP contribution in [0.4, 0.5) is 0 Å². The Morgan fingerprint density at radius 1 is 1.22 bits per heavy atom. The van der Waals surface area contributed by atoms with E-state index in [-0.39, 0.29) is 4.88 Å². The van der Waals surface area contributed by atoms with Gasteiger partial charge in [0.2, 0.25) is 0 Å². The quantitative estimate of drug-likeness (QED) is 0.777. The van der Waals surface area contributed by atoms with E-state index in [1.807, 2.05) is 24.3 Å². The summed E-state index contributed by atoms with van der Waals surface area (Å²) >= 11 is 1.19. The van der Waals surface area contributed by atoms with Crippen molar-refractivity contribution in [2.24, 2.45) is 0 Å². The number of ether oxygens (including phenoxy) is 1. The Hall–Kier alpha value is -2.73. The van der Waals surface area contributed by atoms with Gasteiger partial charge < -0.3 is 9.84 Å². The zero-order valence-electron chi connectivity index (χ0n) is 12.4. The first-order chi connectivity index (χ1) is 11.2. The van der Waals surface area contributed by atoms with Crippen molar-refractivity contribution in [3.8, 4) is 17.0 Å². The van der Waals surface area contributed by atoms with Gasteiger partial charge >= 0.3 is 5.97 Å². The van der Waals surface area contributed by atoms with Gasteiger partial charge in [0.25, 0.3) is 0 Å². The lowest BCUT2D eigenvalue weighted by Gasteiger charge is -2.05. The summed E-state index contributed by atoms with van der Waals surface area (Å²) in [6, 6.07) is 11.2. The highest BCUT2D eigenvalue weighted by molar-refractivity contribution is 7.14. The maximum atomic E-state index is 11.5. The van der Waals surface area contributed by atoms with Crippen molar-refractivity contribution in [2.45, 2.75) is 6.42 Å². The van der Waals surface area contributed by atoms with Crippen LogP contribution in [0.2, 0.25) is 0 Å². The molecule has 1 aromatic carbocycles. The fourth-order valence-corrected chi connectivity index (χ4v) is 3.25. The van der Waals surface area contributed by atoms with Crippen LogP contribution in [0.1, 0.15) is 20.2 Å². The smallest absolute Gasteiger partial charge is 0.348 e. The molecule has 0 spiro atoms. The van der Waals surface area contributed by atoms with Crippen molar-refractivity contribution >= 4 is 17.3 Å². The lowest BCUT2D eigenvalue weighted by Crippen LogP contribution is -1.95. The molecule has 3 aromatic rings. The van der Waals surface area contributed by atoms with Gasteiger partial charge in [0, 0.05) is 29.9 Å². The van der Waals surface area contributed by atoms with Gasteiger partial charge in [-0.2, -0.15) is 0 Å². The molecule has 0 amide bonds. The van der Waals surface area contributed by atoms with Crippen molar-refractivity contribution in [1.29, 1.82) is 0 Å². The first-order valence-electron chi connectivity index (χ1n) is 6.94. The molecule has 0 fully saturated rings. The van der Waals surface area contributed by atoms with Crippen LogP contribution in [0.25, 0.3) is 11.3 Å². The van der Waals surface area contributed by atoms with Crippen LogP contribution in [0.3, 0.4) is 0 Å². The molecular formula is C17H14N2O3S. The standard InChI is InChI=1S/C17H14N2O3S/c1-22-13-5-3-2-4-12(13)10-14-19-15(16(23-14)17(20)21)11-6-8-18-9-7-11/h2-9H,10H2,1H3,(H,20,21). The number of carboxylic acid groups (broad SMARTS) is 1. The SMILES string of the molecule is COc1ccccc1Cc1nc(-c2ccncc2)c(C(=O)O)s1. The first kappa shape index (κ1) is 15.2. The van der Waals surface area contributed by atoms with Crippen LogP contribution in [-0.2, 0) is 6.42 Å². The van der Waals surface area contributed by atoms with E-state index < -0.39 is 5.97 Å². The summed E-state index contributed by atoms with van der Waals surface area (Å²) in [6.45, 7) is 0. The minimum absolute atomic E-state index is 0.237. The Balaban J connectivity index is 2.00. The number of aromatic carboxylic acids is 1. The largest absolute Gasteiger partial charge is 0.496 e. The third kappa shape index (κ3) is 3.22. The molecule has 0 aliphatic rings. The highest BCUT2D eigenvalue weighted by Crippen LogP contribution is 2.30. The number of hydrogen-bond donors (Lipinski definition) is 1. The molecule has 0 atom stereocenters. The van der Waals surface area contributed by atoms with Crippen LogP contribution in [0, 0.1) is 0 Å². The molecule has 2 heterocycles. The molecule has 0 saturated carbocycles. The molecule has 0 saturated heterocycles. The maximum absolute atomic E-state index is 11.5. The average molecular weight is 326 g/mol. The topological polar surface area (TPSA) is 72.3 Å². The number of thiazole rings is 1. The zero-order chi connectivity index (χ0) is 16.2. The Morgan fingerprint density at radius 2 is 1.96 bits per heavy atom. The molecule has 3 rings (SSSR count). The lowest BCUT2D eigenvalue weighted by molar-refractivity contribution is 0.0702. The second-order valence-electron chi connectivity index (χ2n) is 4.81. The minimum Gasteiger partial charge on any atom is -0.496 e. The third-order valence-electron chi connectivity index (χ3n) is 3.35. The second-order valence-corrected chi connectivity index (χ2v) is 5.90.